The molecule has 3 heterocycles. The van der Waals surface area contributed by atoms with Gasteiger partial charge in [0.2, 0.25) is 0 Å². The van der Waals surface area contributed by atoms with Crippen molar-refractivity contribution in [2.45, 2.75) is 0 Å². The fraction of sp³-hybridized carbons (Fsp3) is 0.0476. The first-order valence-electron chi connectivity index (χ1n) is 7.89. The number of thiophene rings is 1. The molecule has 0 atom stereocenters. The maximum Gasteiger partial charge on any atom is 0.119 e. The molecule has 0 unspecified atom stereocenters. The summed E-state index contributed by atoms with van der Waals surface area (Å²) >= 11 is 1.73. The molecule has 3 aromatic heterocycles. The summed E-state index contributed by atoms with van der Waals surface area (Å²) in [6, 6.07) is 21.6. The third-order valence-electron chi connectivity index (χ3n) is 4.60. The molecule has 0 amide bonds. The normalized spacial score (nSPS) is 11.5. The summed E-state index contributed by atoms with van der Waals surface area (Å²) in [5.41, 5.74) is 4.92. The van der Waals surface area contributed by atoms with Crippen molar-refractivity contribution in [1.82, 2.24) is 4.40 Å². The Kier molecular flexibility index (Phi) is 2.91. The Morgan fingerprint density at radius 3 is 2.62 bits per heavy atom. The van der Waals surface area contributed by atoms with Gasteiger partial charge in [0.1, 0.15) is 5.75 Å². The van der Waals surface area contributed by atoms with Gasteiger partial charge in [0.25, 0.3) is 0 Å². The molecule has 5 rings (SSSR count). The minimum Gasteiger partial charge on any atom is -0.497 e. The molecule has 0 aliphatic rings. The van der Waals surface area contributed by atoms with E-state index in [1.807, 2.05) is 6.07 Å². The summed E-state index contributed by atoms with van der Waals surface area (Å²) in [5, 5.41) is 8.07. The molecule has 2 aromatic carbocycles. The minimum absolute atomic E-state index is 0.889. The highest BCUT2D eigenvalue weighted by atomic mass is 32.1. The predicted octanol–water partition coefficient (Wildman–Crippen LogP) is 5.98. The van der Waals surface area contributed by atoms with Crippen molar-refractivity contribution >= 4 is 38.5 Å². The molecule has 0 fully saturated rings. The van der Waals surface area contributed by atoms with E-state index in [4.69, 9.17) is 4.74 Å². The zero-order chi connectivity index (χ0) is 16.1. The maximum atomic E-state index is 5.40. The van der Waals surface area contributed by atoms with Crippen molar-refractivity contribution in [3.63, 3.8) is 0 Å². The maximum absolute atomic E-state index is 5.40. The monoisotopic (exact) mass is 329 g/mol. The molecule has 0 N–H and O–H groups in total. The Morgan fingerprint density at radius 2 is 1.79 bits per heavy atom. The third-order valence-corrected chi connectivity index (χ3v) is 5.28. The number of benzene rings is 2. The van der Waals surface area contributed by atoms with E-state index in [0.29, 0.717) is 0 Å². The average molecular weight is 329 g/mol. The van der Waals surface area contributed by atoms with E-state index in [9.17, 15) is 0 Å². The predicted molar refractivity (Wildman–Crippen MR) is 102 cm³/mol. The molecule has 0 radical (unpaired) electrons. The van der Waals surface area contributed by atoms with Gasteiger partial charge >= 0.3 is 0 Å². The van der Waals surface area contributed by atoms with Crippen molar-refractivity contribution in [2.24, 2.45) is 0 Å². The van der Waals surface area contributed by atoms with Crippen molar-refractivity contribution in [3.8, 4) is 17.0 Å². The molecule has 2 nitrogen and oxygen atoms in total. The minimum atomic E-state index is 0.889. The van der Waals surface area contributed by atoms with E-state index in [0.717, 1.165) is 5.75 Å². The molecular weight excluding hydrogens is 314 g/mol. The quantitative estimate of drug-likeness (QED) is 0.388. The van der Waals surface area contributed by atoms with E-state index < -0.39 is 0 Å². The van der Waals surface area contributed by atoms with E-state index in [1.54, 1.807) is 18.4 Å². The van der Waals surface area contributed by atoms with Gasteiger partial charge in [-0.15, -0.1) is 0 Å². The highest BCUT2D eigenvalue weighted by Gasteiger charge is 2.13. The first-order chi connectivity index (χ1) is 11.8. The first kappa shape index (κ1) is 13.6. The molecule has 0 bridgehead atoms. The van der Waals surface area contributed by atoms with Crippen LogP contribution >= 0.6 is 11.3 Å². The van der Waals surface area contributed by atoms with Crippen LogP contribution in [-0.2, 0) is 0 Å². The fourth-order valence-electron chi connectivity index (χ4n) is 3.47. The number of hydrogen-bond donors (Lipinski definition) is 0. The summed E-state index contributed by atoms with van der Waals surface area (Å²) in [6.45, 7) is 0. The van der Waals surface area contributed by atoms with E-state index in [2.05, 4.69) is 69.8 Å². The standard InChI is InChI=1S/C21H15NOS/c1-23-17-6-7-19-16(10-17)12-21-18-5-3-2-4-14(18)11-20(22(19)21)15-8-9-24-13-15/h2-13H,1H3. The largest absolute Gasteiger partial charge is 0.497 e. The Balaban J connectivity index is 2.02. The van der Waals surface area contributed by atoms with E-state index in [1.165, 1.54) is 38.4 Å². The zero-order valence-corrected chi connectivity index (χ0v) is 14.0. The molecule has 0 saturated carbocycles. The highest BCUT2D eigenvalue weighted by Crippen LogP contribution is 2.35. The Bertz CT molecular complexity index is 1190. The van der Waals surface area contributed by atoms with Gasteiger partial charge in [0.05, 0.1) is 23.8 Å². The topological polar surface area (TPSA) is 13.6 Å². The number of hydrogen-bond acceptors (Lipinski definition) is 2. The molecule has 0 saturated heterocycles. The lowest BCUT2D eigenvalue weighted by atomic mass is 10.1. The number of pyridine rings is 1. The van der Waals surface area contributed by atoms with Gasteiger partial charge < -0.3 is 9.14 Å². The summed E-state index contributed by atoms with van der Waals surface area (Å²) in [7, 11) is 1.71. The number of aromatic nitrogens is 1. The van der Waals surface area contributed by atoms with Crippen LogP contribution in [0.25, 0.3) is 38.4 Å². The molecule has 0 aliphatic carbocycles. The third kappa shape index (κ3) is 1.88. The van der Waals surface area contributed by atoms with Gasteiger partial charge in [0, 0.05) is 21.7 Å². The lowest BCUT2D eigenvalue weighted by molar-refractivity contribution is 0.415. The number of fused-ring (bicyclic) bond motifs is 5. The highest BCUT2D eigenvalue weighted by molar-refractivity contribution is 7.08. The van der Waals surface area contributed by atoms with Gasteiger partial charge in [-0.3, -0.25) is 0 Å². The van der Waals surface area contributed by atoms with Gasteiger partial charge in [-0.25, -0.2) is 0 Å². The van der Waals surface area contributed by atoms with Crippen molar-refractivity contribution in [2.75, 3.05) is 7.11 Å². The second-order valence-electron chi connectivity index (χ2n) is 5.92. The van der Waals surface area contributed by atoms with Gasteiger partial charge in [-0.2, -0.15) is 11.3 Å². The van der Waals surface area contributed by atoms with Gasteiger partial charge in [-0.05, 0) is 47.2 Å². The summed E-state index contributed by atoms with van der Waals surface area (Å²) in [4.78, 5) is 0. The van der Waals surface area contributed by atoms with Crippen molar-refractivity contribution in [1.29, 1.82) is 0 Å². The van der Waals surface area contributed by atoms with Crippen LogP contribution in [0.5, 0.6) is 5.75 Å². The molecule has 3 heteroatoms. The number of rotatable bonds is 2. The van der Waals surface area contributed by atoms with Crippen LogP contribution in [0.3, 0.4) is 0 Å². The van der Waals surface area contributed by atoms with Crippen LogP contribution in [-0.4, -0.2) is 11.5 Å². The van der Waals surface area contributed by atoms with Gasteiger partial charge in [0.15, 0.2) is 0 Å². The Morgan fingerprint density at radius 1 is 0.875 bits per heavy atom. The molecule has 116 valence electrons. The SMILES string of the molecule is COc1ccc2c(c1)cc1c3ccccc3cc(-c3ccsc3)n21. The van der Waals surface area contributed by atoms with Crippen LogP contribution in [0.2, 0.25) is 0 Å². The number of methoxy groups -OCH3 is 1. The average Bonchev–Trinajstić information content (AvgIpc) is 3.28. The Labute approximate surface area is 143 Å². The molecule has 0 aliphatic heterocycles. The number of ether oxygens (including phenoxy) is 1. The van der Waals surface area contributed by atoms with Crippen LogP contribution < -0.4 is 4.74 Å². The molecular formula is C21H15NOS. The van der Waals surface area contributed by atoms with Crippen LogP contribution in [0.4, 0.5) is 0 Å². The van der Waals surface area contributed by atoms with E-state index in [-0.39, 0.29) is 0 Å². The lowest BCUT2D eigenvalue weighted by Crippen LogP contribution is -1.92. The second kappa shape index (κ2) is 5.11. The van der Waals surface area contributed by atoms with E-state index >= 15 is 0 Å². The van der Waals surface area contributed by atoms with Crippen LogP contribution in [0.1, 0.15) is 0 Å². The summed E-state index contributed by atoms with van der Waals surface area (Å²) in [6.07, 6.45) is 0. The smallest absolute Gasteiger partial charge is 0.119 e. The summed E-state index contributed by atoms with van der Waals surface area (Å²) < 4.78 is 7.76. The Hall–Kier alpha value is -2.78. The first-order valence-corrected chi connectivity index (χ1v) is 8.83. The fourth-order valence-corrected chi connectivity index (χ4v) is 4.12. The van der Waals surface area contributed by atoms with Crippen LogP contribution in [0.15, 0.2) is 71.4 Å². The van der Waals surface area contributed by atoms with Gasteiger partial charge in [-0.1, -0.05) is 24.3 Å². The molecule has 24 heavy (non-hydrogen) atoms. The molecule has 0 spiro atoms. The number of nitrogens with zero attached hydrogens (tertiary/aromatic N) is 1. The zero-order valence-electron chi connectivity index (χ0n) is 13.2. The second-order valence-corrected chi connectivity index (χ2v) is 6.70. The molecule has 5 aromatic rings. The summed E-state index contributed by atoms with van der Waals surface area (Å²) in [5.74, 6) is 0.889. The lowest BCUT2D eigenvalue weighted by Gasteiger charge is -2.10. The van der Waals surface area contributed by atoms with Crippen molar-refractivity contribution < 1.29 is 4.74 Å². The van der Waals surface area contributed by atoms with Crippen molar-refractivity contribution in [3.05, 3.63) is 71.4 Å². The van der Waals surface area contributed by atoms with Crippen LogP contribution in [0, 0.1) is 0 Å².